The molecule has 1 aliphatic rings. The third-order valence-electron chi connectivity index (χ3n) is 2.87. The first-order chi connectivity index (χ1) is 7.83. The summed E-state index contributed by atoms with van der Waals surface area (Å²) in [5.74, 6) is 0.646. The van der Waals surface area contributed by atoms with Crippen LogP contribution in [0, 0.1) is 11.3 Å². The molecular weight excluding hydrogens is 238 g/mol. The van der Waals surface area contributed by atoms with Crippen molar-refractivity contribution in [3.63, 3.8) is 0 Å². The Labute approximate surface area is 104 Å². The lowest BCUT2D eigenvalue weighted by Gasteiger charge is -2.22. The minimum absolute atomic E-state index is 0.0507. The molecule has 0 unspecified atom stereocenters. The van der Waals surface area contributed by atoms with Crippen molar-refractivity contribution in [2.75, 3.05) is 12.3 Å². The van der Waals surface area contributed by atoms with Crippen molar-refractivity contribution in [2.45, 2.75) is 45.6 Å². The summed E-state index contributed by atoms with van der Waals surface area (Å²) >= 11 is 0. The topological polar surface area (TPSA) is 87.2 Å². The van der Waals surface area contributed by atoms with Crippen LogP contribution in [0.25, 0.3) is 0 Å². The van der Waals surface area contributed by atoms with Gasteiger partial charge in [0.2, 0.25) is 10.0 Å². The van der Waals surface area contributed by atoms with E-state index in [4.69, 9.17) is 11.1 Å². The van der Waals surface area contributed by atoms with Gasteiger partial charge in [-0.25, -0.2) is 8.42 Å². The highest BCUT2D eigenvalue weighted by atomic mass is 32.2. The van der Waals surface area contributed by atoms with E-state index in [0.717, 1.165) is 12.8 Å². The molecule has 1 fully saturated rings. The molecular formula is C11H23N3O2S. The van der Waals surface area contributed by atoms with Gasteiger partial charge in [0.15, 0.2) is 0 Å². The van der Waals surface area contributed by atoms with Gasteiger partial charge in [0.05, 0.1) is 11.6 Å². The van der Waals surface area contributed by atoms with Gasteiger partial charge in [-0.2, -0.15) is 4.31 Å². The summed E-state index contributed by atoms with van der Waals surface area (Å²) in [6.45, 7) is 4.40. The average molecular weight is 261 g/mol. The van der Waals surface area contributed by atoms with E-state index in [1.54, 1.807) is 4.31 Å². The molecule has 3 N–H and O–H groups in total. The first-order valence-corrected chi connectivity index (χ1v) is 7.76. The molecule has 0 spiro atoms. The van der Waals surface area contributed by atoms with Crippen molar-refractivity contribution in [3.05, 3.63) is 0 Å². The Morgan fingerprint density at radius 2 is 2.06 bits per heavy atom. The minimum Gasteiger partial charge on any atom is -0.388 e. The highest BCUT2D eigenvalue weighted by molar-refractivity contribution is 7.89. The molecule has 100 valence electrons. The van der Waals surface area contributed by atoms with Gasteiger partial charge in [0.1, 0.15) is 0 Å². The summed E-state index contributed by atoms with van der Waals surface area (Å²) in [5, 5.41) is 7.18. The van der Waals surface area contributed by atoms with Crippen LogP contribution < -0.4 is 5.73 Å². The maximum absolute atomic E-state index is 12.1. The summed E-state index contributed by atoms with van der Waals surface area (Å²) in [5.41, 5.74) is 5.29. The van der Waals surface area contributed by atoms with Crippen molar-refractivity contribution < 1.29 is 8.42 Å². The first-order valence-electron chi connectivity index (χ1n) is 6.15. The number of amidine groups is 1. The molecule has 0 aromatic carbocycles. The SMILES string of the molecule is CC(C)CCS(=O)(=O)N(CCC(=N)N)C1CC1. The fourth-order valence-electron chi connectivity index (χ4n) is 1.64. The van der Waals surface area contributed by atoms with Crippen LogP contribution in [-0.2, 0) is 10.0 Å². The average Bonchev–Trinajstić information content (AvgIpc) is 2.98. The largest absolute Gasteiger partial charge is 0.388 e. The number of rotatable bonds is 8. The maximum atomic E-state index is 12.1. The van der Waals surface area contributed by atoms with E-state index in [1.807, 2.05) is 13.8 Å². The second-order valence-corrected chi connectivity index (χ2v) is 7.16. The van der Waals surface area contributed by atoms with E-state index in [1.165, 1.54) is 0 Å². The molecule has 17 heavy (non-hydrogen) atoms. The molecule has 0 aromatic heterocycles. The zero-order valence-corrected chi connectivity index (χ0v) is 11.5. The van der Waals surface area contributed by atoms with E-state index in [0.29, 0.717) is 25.3 Å². The fraction of sp³-hybridized carbons (Fsp3) is 0.909. The zero-order valence-electron chi connectivity index (χ0n) is 10.6. The molecule has 0 aliphatic heterocycles. The van der Waals surface area contributed by atoms with Crippen LogP contribution in [0.3, 0.4) is 0 Å². The summed E-state index contributed by atoms with van der Waals surface area (Å²) in [4.78, 5) is 0. The zero-order chi connectivity index (χ0) is 13.1. The predicted molar refractivity (Wildman–Crippen MR) is 69.5 cm³/mol. The second kappa shape index (κ2) is 5.82. The van der Waals surface area contributed by atoms with Crippen molar-refractivity contribution >= 4 is 15.9 Å². The van der Waals surface area contributed by atoms with Gasteiger partial charge in [-0.05, 0) is 25.2 Å². The highest BCUT2D eigenvalue weighted by Crippen LogP contribution is 2.30. The van der Waals surface area contributed by atoms with E-state index in [2.05, 4.69) is 0 Å². The van der Waals surface area contributed by atoms with Crippen LogP contribution in [0.15, 0.2) is 0 Å². The van der Waals surface area contributed by atoms with E-state index < -0.39 is 10.0 Å². The van der Waals surface area contributed by atoms with Crippen LogP contribution in [0.1, 0.15) is 39.5 Å². The Morgan fingerprint density at radius 1 is 1.47 bits per heavy atom. The first kappa shape index (κ1) is 14.4. The lowest BCUT2D eigenvalue weighted by atomic mass is 10.2. The number of nitrogens with two attached hydrogens (primary N) is 1. The second-order valence-electron chi connectivity index (χ2n) is 5.12. The Balaban J connectivity index is 2.58. The van der Waals surface area contributed by atoms with Crippen LogP contribution in [0.5, 0.6) is 0 Å². The third kappa shape index (κ3) is 5.04. The van der Waals surface area contributed by atoms with E-state index in [9.17, 15) is 8.42 Å². The molecule has 1 saturated carbocycles. The van der Waals surface area contributed by atoms with Crippen molar-refractivity contribution in [3.8, 4) is 0 Å². The van der Waals surface area contributed by atoms with Gasteiger partial charge in [-0.1, -0.05) is 13.8 Å². The predicted octanol–water partition coefficient (Wildman–Crippen LogP) is 1.15. The summed E-state index contributed by atoms with van der Waals surface area (Å²) in [6, 6.07) is 0.159. The quantitative estimate of drug-likeness (QED) is 0.507. The normalized spacial score (nSPS) is 16.7. The summed E-state index contributed by atoms with van der Waals surface area (Å²) < 4.78 is 25.8. The van der Waals surface area contributed by atoms with E-state index in [-0.39, 0.29) is 17.6 Å². The smallest absolute Gasteiger partial charge is 0.214 e. The molecule has 0 amide bonds. The van der Waals surface area contributed by atoms with Crippen molar-refractivity contribution in [2.24, 2.45) is 11.7 Å². The number of sulfonamides is 1. The highest BCUT2D eigenvalue weighted by Gasteiger charge is 2.36. The molecule has 6 heteroatoms. The lowest BCUT2D eigenvalue weighted by molar-refractivity contribution is 0.409. The Morgan fingerprint density at radius 3 is 2.47 bits per heavy atom. The molecule has 0 aromatic rings. The summed E-state index contributed by atoms with van der Waals surface area (Å²) in [6.07, 6.45) is 2.90. The van der Waals surface area contributed by atoms with Crippen LogP contribution in [-0.4, -0.2) is 36.9 Å². The number of nitrogens with one attached hydrogen (secondary N) is 1. The van der Waals surface area contributed by atoms with Gasteiger partial charge in [-0.3, -0.25) is 5.41 Å². The van der Waals surface area contributed by atoms with Gasteiger partial charge in [0, 0.05) is 19.0 Å². The third-order valence-corrected chi connectivity index (χ3v) is 4.81. The van der Waals surface area contributed by atoms with Crippen LogP contribution >= 0.6 is 0 Å². The van der Waals surface area contributed by atoms with Crippen LogP contribution in [0.2, 0.25) is 0 Å². The van der Waals surface area contributed by atoms with Gasteiger partial charge in [0.25, 0.3) is 0 Å². The molecule has 0 heterocycles. The Bertz CT molecular complexity index is 361. The summed E-state index contributed by atoms with van der Waals surface area (Å²) in [7, 11) is -3.17. The molecule has 0 saturated heterocycles. The molecule has 1 aliphatic carbocycles. The fourth-order valence-corrected chi connectivity index (χ4v) is 3.68. The Kier molecular flexibility index (Phi) is 4.94. The number of hydrogen-bond donors (Lipinski definition) is 2. The molecule has 0 atom stereocenters. The van der Waals surface area contributed by atoms with Crippen molar-refractivity contribution in [1.29, 1.82) is 5.41 Å². The van der Waals surface area contributed by atoms with E-state index >= 15 is 0 Å². The number of nitrogens with zero attached hydrogens (tertiary/aromatic N) is 1. The maximum Gasteiger partial charge on any atom is 0.214 e. The monoisotopic (exact) mass is 261 g/mol. The Hall–Kier alpha value is -0.620. The molecule has 0 bridgehead atoms. The van der Waals surface area contributed by atoms with Crippen LogP contribution in [0.4, 0.5) is 0 Å². The molecule has 1 rings (SSSR count). The molecule has 0 radical (unpaired) electrons. The molecule has 5 nitrogen and oxygen atoms in total. The minimum atomic E-state index is -3.17. The standard InChI is InChI=1S/C11H23N3O2S/c1-9(2)6-8-17(15,16)14(10-3-4-10)7-5-11(12)13/h9-10H,3-8H2,1-2H3,(H3,12,13). The number of hydrogen-bond acceptors (Lipinski definition) is 3. The van der Waals surface area contributed by atoms with Gasteiger partial charge in [-0.15, -0.1) is 0 Å². The van der Waals surface area contributed by atoms with Crippen molar-refractivity contribution in [1.82, 2.24) is 4.31 Å². The lowest BCUT2D eigenvalue weighted by Crippen LogP contribution is -2.37. The van der Waals surface area contributed by atoms with Gasteiger partial charge >= 0.3 is 0 Å². The van der Waals surface area contributed by atoms with Gasteiger partial charge < -0.3 is 5.73 Å².